The standard InChI is InChI=1S/C22H29NO2.C4H4O4/c1-17(22(25)20-7-9-21(24)10-8-20)16-23-13-11-19(12-14-23)15-18-5-3-2-4-6-18;5-3(6)1-2-4(7)8/h2-10,17,19,22,24-25H,11-16H2,1H3;1-2H,(H,5,6)(H,7,8)/t17-,22+;/m0./s1. The normalized spacial score (nSPS) is 16.5. The molecule has 0 radical (unpaired) electrons. The summed E-state index contributed by atoms with van der Waals surface area (Å²) in [6, 6.07) is 17.7. The summed E-state index contributed by atoms with van der Waals surface area (Å²) in [5.41, 5.74) is 2.32. The SMILES string of the molecule is C[C@@H](CN1CCC(Cc2ccccc2)CC1)[C@@H](O)c1ccc(O)cc1.O=C(O)C=CC(=O)O. The highest BCUT2D eigenvalue weighted by atomic mass is 16.4. The topological polar surface area (TPSA) is 118 Å². The maximum Gasteiger partial charge on any atom is 0.328 e. The number of aromatic hydroxyl groups is 1. The molecule has 0 spiro atoms. The van der Waals surface area contributed by atoms with Crippen molar-refractivity contribution in [1.29, 1.82) is 0 Å². The molecule has 7 nitrogen and oxygen atoms in total. The summed E-state index contributed by atoms with van der Waals surface area (Å²) in [5.74, 6) is -1.32. The Morgan fingerprint density at radius 2 is 1.52 bits per heavy atom. The van der Waals surface area contributed by atoms with Gasteiger partial charge in [-0.2, -0.15) is 0 Å². The number of carboxylic acids is 2. The summed E-state index contributed by atoms with van der Waals surface area (Å²) in [6.45, 7) is 5.25. The number of benzene rings is 2. The molecule has 0 saturated carbocycles. The lowest BCUT2D eigenvalue weighted by molar-refractivity contribution is -0.134. The van der Waals surface area contributed by atoms with Gasteiger partial charge in [0, 0.05) is 18.7 Å². The first-order valence-corrected chi connectivity index (χ1v) is 11.1. The van der Waals surface area contributed by atoms with Crippen molar-refractivity contribution in [3.8, 4) is 5.75 Å². The molecule has 2 aromatic carbocycles. The summed E-state index contributed by atoms with van der Waals surface area (Å²) in [6.07, 6.45) is 4.28. The molecule has 178 valence electrons. The first-order chi connectivity index (χ1) is 15.7. The zero-order valence-electron chi connectivity index (χ0n) is 18.9. The van der Waals surface area contributed by atoms with E-state index in [-0.39, 0.29) is 11.7 Å². The molecule has 7 heteroatoms. The van der Waals surface area contributed by atoms with E-state index in [0.717, 1.165) is 31.1 Å². The molecule has 0 bridgehead atoms. The van der Waals surface area contributed by atoms with Crippen LogP contribution < -0.4 is 0 Å². The molecule has 1 heterocycles. The molecule has 0 aromatic heterocycles. The lowest BCUT2D eigenvalue weighted by atomic mass is 9.89. The van der Waals surface area contributed by atoms with Gasteiger partial charge in [-0.3, -0.25) is 0 Å². The van der Waals surface area contributed by atoms with E-state index < -0.39 is 18.0 Å². The first-order valence-electron chi connectivity index (χ1n) is 11.1. The fourth-order valence-corrected chi connectivity index (χ4v) is 3.97. The van der Waals surface area contributed by atoms with Gasteiger partial charge in [0.15, 0.2) is 0 Å². The number of hydrogen-bond acceptors (Lipinski definition) is 5. The van der Waals surface area contributed by atoms with Crippen LogP contribution in [0.15, 0.2) is 66.7 Å². The Kier molecular flexibility index (Phi) is 10.6. The van der Waals surface area contributed by atoms with Gasteiger partial charge in [-0.05, 0) is 67.4 Å². The molecule has 2 atom stereocenters. The van der Waals surface area contributed by atoms with Crippen LogP contribution in [0.2, 0.25) is 0 Å². The van der Waals surface area contributed by atoms with Crippen molar-refractivity contribution >= 4 is 11.9 Å². The lowest BCUT2D eigenvalue weighted by Gasteiger charge is -2.34. The Morgan fingerprint density at radius 3 is 2.03 bits per heavy atom. The lowest BCUT2D eigenvalue weighted by Crippen LogP contribution is -2.38. The largest absolute Gasteiger partial charge is 0.508 e. The average molecular weight is 456 g/mol. The third-order valence-corrected chi connectivity index (χ3v) is 5.76. The molecule has 0 amide bonds. The molecule has 33 heavy (non-hydrogen) atoms. The van der Waals surface area contributed by atoms with Gasteiger partial charge >= 0.3 is 11.9 Å². The molecule has 0 unspecified atom stereocenters. The monoisotopic (exact) mass is 455 g/mol. The van der Waals surface area contributed by atoms with E-state index in [2.05, 4.69) is 42.2 Å². The van der Waals surface area contributed by atoms with E-state index >= 15 is 0 Å². The first kappa shape index (κ1) is 26.1. The Morgan fingerprint density at radius 1 is 0.970 bits per heavy atom. The van der Waals surface area contributed by atoms with Crippen LogP contribution in [0.1, 0.15) is 37.0 Å². The minimum absolute atomic E-state index is 0.176. The Labute approximate surface area is 194 Å². The highest BCUT2D eigenvalue weighted by molar-refractivity contribution is 5.89. The summed E-state index contributed by atoms with van der Waals surface area (Å²) in [4.78, 5) is 21.6. The van der Waals surface area contributed by atoms with Crippen molar-refractivity contribution in [2.45, 2.75) is 32.3 Å². The number of carboxylic acid groups (broad SMARTS) is 2. The van der Waals surface area contributed by atoms with Gasteiger partial charge < -0.3 is 25.3 Å². The molecule has 1 aliphatic rings. The molecule has 3 rings (SSSR count). The Bertz CT molecular complexity index is 873. The molecular formula is C26H33NO6. The molecule has 1 fully saturated rings. The number of likely N-dealkylation sites (tertiary alicyclic amines) is 1. The Balaban J connectivity index is 0.000000414. The van der Waals surface area contributed by atoms with Crippen LogP contribution in [0.5, 0.6) is 5.75 Å². The second-order valence-electron chi connectivity index (χ2n) is 8.46. The minimum atomic E-state index is -1.26. The maximum atomic E-state index is 10.5. The number of aliphatic hydroxyl groups excluding tert-OH is 1. The van der Waals surface area contributed by atoms with Crippen LogP contribution >= 0.6 is 0 Å². The van der Waals surface area contributed by atoms with E-state index in [1.807, 2.05) is 12.1 Å². The number of phenols is 1. The van der Waals surface area contributed by atoms with Crippen molar-refractivity contribution in [2.75, 3.05) is 19.6 Å². The number of rotatable bonds is 8. The second-order valence-corrected chi connectivity index (χ2v) is 8.46. The van der Waals surface area contributed by atoms with Gasteiger partial charge in [-0.15, -0.1) is 0 Å². The smallest absolute Gasteiger partial charge is 0.328 e. The summed E-state index contributed by atoms with van der Waals surface area (Å²) >= 11 is 0. The highest BCUT2D eigenvalue weighted by Crippen LogP contribution is 2.27. The van der Waals surface area contributed by atoms with Crippen molar-refractivity contribution in [2.24, 2.45) is 11.8 Å². The van der Waals surface area contributed by atoms with Gasteiger partial charge in [-0.1, -0.05) is 49.4 Å². The van der Waals surface area contributed by atoms with E-state index in [9.17, 15) is 19.8 Å². The summed E-state index contributed by atoms with van der Waals surface area (Å²) < 4.78 is 0. The number of aliphatic hydroxyl groups is 1. The predicted molar refractivity (Wildman–Crippen MR) is 126 cm³/mol. The summed E-state index contributed by atoms with van der Waals surface area (Å²) in [7, 11) is 0. The van der Waals surface area contributed by atoms with Crippen molar-refractivity contribution in [1.82, 2.24) is 4.90 Å². The molecule has 0 aliphatic carbocycles. The molecule has 2 aromatic rings. The number of aliphatic carboxylic acids is 2. The van der Waals surface area contributed by atoms with Crippen LogP contribution in [0.3, 0.4) is 0 Å². The molecular weight excluding hydrogens is 422 g/mol. The fourth-order valence-electron chi connectivity index (χ4n) is 3.97. The van der Waals surface area contributed by atoms with Gasteiger partial charge in [-0.25, -0.2) is 9.59 Å². The van der Waals surface area contributed by atoms with E-state index in [0.29, 0.717) is 12.2 Å². The van der Waals surface area contributed by atoms with Gasteiger partial charge in [0.05, 0.1) is 6.10 Å². The maximum absolute atomic E-state index is 10.5. The van der Waals surface area contributed by atoms with Crippen molar-refractivity contribution < 1.29 is 30.0 Å². The third-order valence-electron chi connectivity index (χ3n) is 5.76. The Hall–Kier alpha value is -3.16. The van der Waals surface area contributed by atoms with Gasteiger partial charge in [0.2, 0.25) is 0 Å². The van der Waals surface area contributed by atoms with Crippen molar-refractivity contribution in [3.63, 3.8) is 0 Å². The fraction of sp³-hybridized carbons (Fsp3) is 0.385. The number of piperidine rings is 1. The number of carbonyl (C=O) groups is 2. The molecule has 1 aliphatic heterocycles. The van der Waals surface area contributed by atoms with Crippen LogP contribution in [-0.4, -0.2) is 56.9 Å². The minimum Gasteiger partial charge on any atom is -0.508 e. The highest BCUT2D eigenvalue weighted by Gasteiger charge is 2.24. The number of nitrogens with zero attached hydrogens (tertiary/aromatic N) is 1. The quantitative estimate of drug-likeness (QED) is 0.448. The van der Waals surface area contributed by atoms with Crippen LogP contribution in [-0.2, 0) is 16.0 Å². The van der Waals surface area contributed by atoms with Crippen LogP contribution in [0, 0.1) is 11.8 Å². The number of hydrogen-bond donors (Lipinski definition) is 4. The van der Waals surface area contributed by atoms with E-state index in [4.69, 9.17) is 10.2 Å². The summed E-state index contributed by atoms with van der Waals surface area (Å²) in [5, 5.41) is 35.6. The van der Waals surface area contributed by atoms with E-state index in [1.165, 1.54) is 24.8 Å². The zero-order chi connectivity index (χ0) is 24.2. The predicted octanol–water partition coefficient (Wildman–Crippen LogP) is 3.73. The zero-order valence-corrected chi connectivity index (χ0v) is 18.9. The van der Waals surface area contributed by atoms with Crippen molar-refractivity contribution in [3.05, 3.63) is 77.9 Å². The van der Waals surface area contributed by atoms with Crippen LogP contribution in [0.4, 0.5) is 0 Å². The number of phenolic OH excluding ortho intramolecular Hbond substituents is 1. The molecule has 1 saturated heterocycles. The van der Waals surface area contributed by atoms with Gasteiger partial charge in [0.25, 0.3) is 0 Å². The second kappa shape index (κ2) is 13.4. The van der Waals surface area contributed by atoms with Crippen LogP contribution in [0.25, 0.3) is 0 Å². The molecule has 4 N–H and O–H groups in total. The average Bonchev–Trinajstić information content (AvgIpc) is 2.80. The van der Waals surface area contributed by atoms with Gasteiger partial charge in [0.1, 0.15) is 5.75 Å². The third kappa shape index (κ3) is 9.89. The van der Waals surface area contributed by atoms with E-state index in [1.54, 1.807) is 12.1 Å².